The van der Waals surface area contributed by atoms with Gasteiger partial charge in [-0.2, -0.15) is 0 Å². The van der Waals surface area contributed by atoms with Crippen LogP contribution in [0.3, 0.4) is 0 Å². The van der Waals surface area contributed by atoms with Crippen molar-refractivity contribution in [3.63, 3.8) is 0 Å². The molecule has 0 aliphatic heterocycles. The van der Waals surface area contributed by atoms with Crippen LogP contribution in [0.5, 0.6) is 0 Å². The van der Waals surface area contributed by atoms with Crippen molar-refractivity contribution in [1.82, 2.24) is 5.32 Å². The van der Waals surface area contributed by atoms with Gasteiger partial charge in [0.15, 0.2) is 0 Å². The second-order valence-electron chi connectivity index (χ2n) is 6.66. The highest BCUT2D eigenvalue weighted by atomic mass is 14.9. The molecule has 1 aliphatic rings. The van der Waals surface area contributed by atoms with Crippen LogP contribution in [0.25, 0.3) is 0 Å². The molecule has 1 saturated carbocycles. The van der Waals surface area contributed by atoms with Gasteiger partial charge in [-0.15, -0.1) is 0 Å². The summed E-state index contributed by atoms with van der Waals surface area (Å²) in [4.78, 5) is 0. The van der Waals surface area contributed by atoms with E-state index in [2.05, 4.69) is 33.0 Å². The van der Waals surface area contributed by atoms with E-state index in [0.29, 0.717) is 0 Å². The monoisotopic (exact) mass is 253 g/mol. The fourth-order valence-electron chi connectivity index (χ4n) is 3.43. The van der Waals surface area contributed by atoms with Crippen molar-refractivity contribution >= 4 is 0 Å². The molecular weight excluding hydrogens is 218 g/mol. The SMILES string of the molecule is CCCCC(CCC)NC1CCCC(C(C)C)C1. The first kappa shape index (κ1) is 16.0. The quantitative estimate of drug-likeness (QED) is 0.631. The number of rotatable bonds is 8. The third-order valence-corrected chi connectivity index (χ3v) is 4.67. The van der Waals surface area contributed by atoms with Crippen LogP contribution in [-0.4, -0.2) is 12.1 Å². The van der Waals surface area contributed by atoms with E-state index in [9.17, 15) is 0 Å². The van der Waals surface area contributed by atoms with Gasteiger partial charge in [-0.05, 0) is 37.5 Å². The maximum Gasteiger partial charge on any atom is 0.00723 e. The predicted molar refractivity (Wildman–Crippen MR) is 81.9 cm³/mol. The molecule has 0 amide bonds. The third-order valence-electron chi connectivity index (χ3n) is 4.67. The molecular formula is C17H35N. The highest BCUT2D eigenvalue weighted by molar-refractivity contribution is 4.82. The number of unbranched alkanes of at least 4 members (excludes halogenated alkanes) is 1. The first-order valence-electron chi connectivity index (χ1n) is 8.43. The summed E-state index contributed by atoms with van der Waals surface area (Å²) in [7, 11) is 0. The number of hydrogen-bond acceptors (Lipinski definition) is 1. The lowest BCUT2D eigenvalue weighted by atomic mass is 9.79. The highest BCUT2D eigenvalue weighted by Gasteiger charge is 2.25. The van der Waals surface area contributed by atoms with Crippen molar-refractivity contribution in [2.45, 2.75) is 97.6 Å². The zero-order valence-corrected chi connectivity index (χ0v) is 13.2. The zero-order valence-electron chi connectivity index (χ0n) is 13.2. The Labute approximate surface area is 115 Å². The van der Waals surface area contributed by atoms with E-state index in [1.54, 1.807) is 0 Å². The normalized spacial score (nSPS) is 26.5. The molecule has 1 N–H and O–H groups in total. The summed E-state index contributed by atoms with van der Waals surface area (Å²) in [5.74, 6) is 1.83. The minimum absolute atomic E-state index is 0.783. The Morgan fingerprint density at radius 2 is 1.83 bits per heavy atom. The molecule has 3 atom stereocenters. The van der Waals surface area contributed by atoms with Crippen LogP contribution in [0.1, 0.15) is 85.5 Å². The minimum atomic E-state index is 0.783. The van der Waals surface area contributed by atoms with Crippen molar-refractivity contribution in [2.24, 2.45) is 11.8 Å². The molecule has 3 unspecified atom stereocenters. The lowest BCUT2D eigenvalue weighted by Gasteiger charge is -2.34. The molecule has 0 heterocycles. The van der Waals surface area contributed by atoms with E-state index < -0.39 is 0 Å². The average molecular weight is 253 g/mol. The van der Waals surface area contributed by atoms with E-state index in [4.69, 9.17) is 0 Å². The van der Waals surface area contributed by atoms with Gasteiger partial charge >= 0.3 is 0 Å². The first-order chi connectivity index (χ1) is 8.67. The molecule has 0 aromatic heterocycles. The lowest BCUT2D eigenvalue weighted by molar-refractivity contribution is 0.214. The predicted octanol–water partition coefficient (Wildman–Crippen LogP) is 5.15. The molecule has 0 saturated heterocycles. The molecule has 18 heavy (non-hydrogen) atoms. The Hall–Kier alpha value is -0.0400. The van der Waals surface area contributed by atoms with E-state index in [1.165, 1.54) is 57.8 Å². The zero-order chi connectivity index (χ0) is 13.4. The molecule has 1 heteroatoms. The number of nitrogens with one attached hydrogen (secondary N) is 1. The molecule has 0 spiro atoms. The summed E-state index contributed by atoms with van der Waals surface area (Å²) in [5.41, 5.74) is 0. The lowest BCUT2D eigenvalue weighted by Crippen LogP contribution is -2.41. The van der Waals surface area contributed by atoms with Crippen LogP contribution in [0, 0.1) is 11.8 Å². The van der Waals surface area contributed by atoms with E-state index in [1.807, 2.05) is 0 Å². The van der Waals surface area contributed by atoms with Gasteiger partial charge in [-0.25, -0.2) is 0 Å². The molecule has 0 bridgehead atoms. The summed E-state index contributed by atoms with van der Waals surface area (Å²) in [6.45, 7) is 9.41. The summed E-state index contributed by atoms with van der Waals surface area (Å²) in [6.07, 6.45) is 12.5. The van der Waals surface area contributed by atoms with Gasteiger partial charge in [-0.1, -0.05) is 59.8 Å². The fraction of sp³-hybridized carbons (Fsp3) is 1.00. The maximum atomic E-state index is 3.98. The molecule has 1 aliphatic carbocycles. The van der Waals surface area contributed by atoms with Crippen LogP contribution >= 0.6 is 0 Å². The Morgan fingerprint density at radius 3 is 2.44 bits per heavy atom. The largest absolute Gasteiger partial charge is 0.311 e. The molecule has 0 radical (unpaired) electrons. The second kappa shape index (κ2) is 8.96. The third kappa shape index (κ3) is 5.73. The minimum Gasteiger partial charge on any atom is -0.311 e. The first-order valence-corrected chi connectivity index (χ1v) is 8.43. The van der Waals surface area contributed by atoms with Gasteiger partial charge in [0.05, 0.1) is 0 Å². The summed E-state index contributed by atoms with van der Waals surface area (Å²) >= 11 is 0. The van der Waals surface area contributed by atoms with Crippen LogP contribution in [0.15, 0.2) is 0 Å². The maximum absolute atomic E-state index is 3.98. The molecule has 1 fully saturated rings. The smallest absolute Gasteiger partial charge is 0.00723 e. The van der Waals surface area contributed by atoms with Crippen LogP contribution < -0.4 is 5.32 Å². The van der Waals surface area contributed by atoms with Crippen LogP contribution in [-0.2, 0) is 0 Å². The van der Waals surface area contributed by atoms with Crippen molar-refractivity contribution in [3.8, 4) is 0 Å². The topological polar surface area (TPSA) is 12.0 Å². The molecule has 0 aromatic rings. The Bertz CT molecular complexity index is 200. The second-order valence-corrected chi connectivity index (χ2v) is 6.66. The fourth-order valence-corrected chi connectivity index (χ4v) is 3.43. The van der Waals surface area contributed by atoms with Gasteiger partial charge in [0.25, 0.3) is 0 Å². The van der Waals surface area contributed by atoms with Crippen molar-refractivity contribution in [3.05, 3.63) is 0 Å². The Kier molecular flexibility index (Phi) is 7.97. The van der Waals surface area contributed by atoms with E-state index in [0.717, 1.165) is 23.9 Å². The van der Waals surface area contributed by atoms with Crippen molar-refractivity contribution < 1.29 is 0 Å². The molecule has 1 nitrogen and oxygen atoms in total. The summed E-state index contributed by atoms with van der Waals surface area (Å²) in [6, 6.07) is 1.59. The summed E-state index contributed by atoms with van der Waals surface area (Å²) < 4.78 is 0. The van der Waals surface area contributed by atoms with Crippen molar-refractivity contribution in [1.29, 1.82) is 0 Å². The molecule has 0 aromatic carbocycles. The van der Waals surface area contributed by atoms with E-state index in [-0.39, 0.29) is 0 Å². The Balaban J connectivity index is 2.37. The van der Waals surface area contributed by atoms with Crippen LogP contribution in [0.2, 0.25) is 0 Å². The highest BCUT2D eigenvalue weighted by Crippen LogP contribution is 2.30. The van der Waals surface area contributed by atoms with Gasteiger partial charge in [-0.3, -0.25) is 0 Å². The average Bonchev–Trinajstić information content (AvgIpc) is 2.36. The van der Waals surface area contributed by atoms with Gasteiger partial charge in [0.1, 0.15) is 0 Å². The molecule has 1 rings (SSSR count). The van der Waals surface area contributed by atoms with Gasteiger partial charge in [0.2, 0.25) is 0 Å². The van der Waals surface area contributed by atoms with Gasteiger partial charge < -0.3 is 5.32 Å². The number of hydrogen-bond donors (Lipinski definition) is 1. The van der Waals surface area contributed by atoms with E-state index >= 15 is 0 Å². The van der Waals surface area contributed by atoms with Gasteiger partial charge in [0, 0.05) is 12.1 Å². The molecule has 108 valence electrons. The Morgan fingerprint density at radius 1 is 1.06 bits per heavy atom. The standard InChI is InChI=1S/C17H35N/c1-5-7-11-16(9-6-2)18-17-12-8-10-15(13-17)14(3)4/h14-18H,5-13H2,1-4H3. The summed E-state index contributed by atoms with van der Waals surface area (Å²) in [5, 5.41) is 3.98. The van der Waals surface area contributed by atoms with Crippen molar-refractivity contribution in [2.75, 3.05) is 0 Å². The van der Waals surface area contributed by atoms with Crippen LogP contribution in [0.4, 0.5) is 0 Å².